The molecule has 3 amide bonds. The topological polar surface area (TPSA) is 113 Å². The second-order valence-electron chi connectivity index (χ2n) is 7.76. The van der Waals surface area contributed by atoms with Crippen molar-refractivity contribution in [3.05, 3.63) is 72.6 Å². The Morgan fingerprint density at radius 2 is 1.42 bits per heavy atom. The molecule has 1 saturated heterocycles. The Morgan fingerprint density at radius 1 is 0.818 bits per heavy atom. The van der Waals surface area contributed by atoms with Crippen molar-refractivity contribution in [3.63, 3.8) is 0 Å². The van der Waals surface area contributed by atoms with Crippen molar-refractivity contribution in [2.45, 2.75) is 17.7 Å². The highest BCUT2D eigenvalue weighted by Crippen LogP contribution is 2.23. The van der Waals surface area contributed by atoms with E-state index in [1.54, 1.807) is 43.4 Å². The van der Waals surface area contributed by atoms with Crippen molar-refractivity contribution in [2.24, 2.45) is 7.05 Å². The quantitative estimate of drug-likeness (QED) is 0.513. The Kier molecular flexibility index (Phi) is 6.47. The molecule has 33 heavy (non-hydrogen) atoms. The smallest absolute Gasteiger partial charge is 0.323 e. The number of nitrogens with one attached hydrogen (secondary N) is 3. The molecular formula is C23H25N5O4S. The van der Waals surface area contributed by atoms with E-state index < -0.39 is 22.0 Å². The molecule has 172 valence electrons. The first-order valence-electron chi connectivity index (χ1n) is 10.5. The molecule has 2 aromatic carbocycles. The lowest BCUT2D eigenvalue weighted by Gasteiger charge is -2.13. The third-order valence-electron chi connectivity index (χ3n) is 5.33. The van der Waals surface area contributed by atoms with Gasteiger partial charge in [0.25, 0.3) is 5.91 Å². The number of urea groups is 1. The SMILES string of the molecule is Cn1cc(S(=O)(=O)N2CCCC2)cc1C(=O)Nc1cccc(NC(=O)Nc2ccccc2)c1. The van der Waals surface area contributed by atoms with Crippen LogP contribution in [-0.4, -0.2) is 42.3 Å². The zero-order valence-electron chi connectivity index (χ0n) is 18.1. The number of aryl methyl sites for hydroxylation is 1. The van der Waals surface area contributed by atoms with Gasteiger partial charge in [-0.15, -0.1) is 0 Å². The van der Waals surface area contributed by atoms with E-state index in [0.29, 0.717) is 30.2 Å². The number of carbonyl (C=O) groups excluding carboxylic acids is 2. The van der Waals surface area contributed by atoms with Gasteiger partial charge in [0.15, 0.2) is 0 Å². The minimum Gasteiger partial charge on any atom is -0.345 e. The first kappa shape index (κ1) is 22.6. The lowest BCUT2D eigenvalue weighted by atomic mass is 10.2. The molecule has 1 aliphatic rings. The molecule has 0 bridgehead atoms. The number of carbonyl (C=O) groups is 2. The van der Waals surface area contributed by atoms with E-state index in [9.17, 15) is 18.0 Å². The fraction of sp³-hybridized carbons (Fsp3) is 0.217. The zero-order chi connectivity index (χ0) is 23.4. The molecule has 0 unspecified atom stereocenters. The predicted molar refractivity (Wildman–Crippen MR) is 127 cm³/mol. The highest BCUT2D eigenvalue weighted by Gasteiger charge is 2.29. The van der Waals surface area contributed by atoms with E-state index in [1.807, 2.05) is 18.2 Å². The summed E-state index contributed by atoms with van der Waals surface area (Å²) in [6.07, 6.45) is 3.13. The maximum atomic E-state index is 12.8. The van der Waals surface area contributed by atoms with Crippen LogP contribution in [0.15, 0.2) is 71.8 Å². The highest BCUT2D eigenvalue weighted by atomic mass is 32.2. The minimum absolute atomic E-state index is 0.102. The first-order chi connectivity index (χ1) is 15.8. The normalized spacial score (nSPS) is 14.1. The number of benzene rings is 2. The molecule has 0 saturated carbocycles. The second kappa shape index (κ2) is 9.47. The Balaban J connectivity index is 1.44. The Morgan fingerprint density at radius 3 is 2.12 bits per heavy atom. The van der Waals surface area contributed by atoms with E-state index in [2.05, 4.69) is 16.0 Å². The van der Waals surface area contributed by atoms with Crippen LogP contribution in [0.3, 0.4) is 0 Å². The third-order valence-corrected chi connectivity index (χ3v) is 7.19. The van der Waals surface area contributed by atoms with E-state index in [-0.39, 0.29) is 10.6 Å². The summed E-state index contributed by atoms with van der Waals surface area (Å²) in [4.78, 5) is 25.1. The summed E-state index contributed by atoms with van der Waals surface area (Å²) in [5, 5.41) is 8.20. The van der Waals surface area contributed by atoms with E-state index in [0.717, 1.165) is 12.8 Å². The molecule has 3 N–H and O–H groups in total. The summed E-state index contributed by atoms with van der Waals surface area (Å²) in [6, 6.07) is 16.7. The molecule has 3 aromatic rings. The molecule has 4 rings (SSSR count). The second-order valence-corrected chi connectivity index (χ2v) is 9.70. The van der Waals surface area contributed by atoms with Crippen molar-refractivity contribution in [1.29, 1.82) is 0 Å². The molecule has 9 nitrogen and oxygen atoms in total. The maximum Gasteiger partial charge on any atom is 0.323 e. The van der Waals surface area contributed by atoms with Gasteiger partial charge >= 0.3 is 6.03 Å². The van der Waals surface area contributed by atoms with Crippen LogP contribution < -0.4 is 16.0 Å². The summed E-state index contributed by atoms with van der Waals surface area (Å²) < 4.78 is 28.5. The summed E-state index contributed by atoms with van der Waals surface area (Å²) in [5.41, 5.74) is 1.82. The number of anilines is 3. The van der Waals surface area contributed by atoms with Gasteiger partial charge in [-0.3, -0.25) is 4.79 Å². The molecular weight excluding hydrogens is 442 g/mol. The van der Waals surface area contributed by atoms with Gasteiger partial charge in [-0.05, 0) is 49.2 Å². The molecule has 1 aromatic heterocycles. The number of aromatic nitrogens is 1. The summed E-state index contributed by atoms with van der Waals surface area (Å²) in [5.74, 6) is -0.453. The van der Waals surface area contributed by atoms with Crippen molar-refractivity contribution in [1.82, 2.24) is 8.87 Å². The molecule has 10 heteroatoms. The van der Waals surface area contributed by atoms with Gasteiger partial charge in [0.05, 0.1) is 0 Å². The summed E-state index contributed by atoms with van der Waals surface area (Å²) >= 11 is 0. The van der Waals surface area contributed by atoms with Crippen LogP contribution in [0.2, 0.25) is 0 Å². The minimum atomic E-state index is -3.61. The van der Waals surface area contributed by atoms with E-state index >= 15 is 0 Å². The van der Waals surface area contributed by atoms with Gasteiger partial charge < -0.3 is 20.5 Å². The highest BCUT2D eigenvalue weighted by molar-refractivity contribution is 7.89. The third kappa shape index (κ3) is 5.24. The Hall–Kier alpha value is -3.63. The summed E-state index contributed by atoms with van der Waals surface area (Å²) in [6.45, 7) is 0.993. The first-order valence-corrected chi connectivity index (χ1v) is 12.0. The van der Waals surface area contributed by atoms with Crippen molar-refractivity contribution in [3.8, 4) is 0 Å². The van der Waals surface area contributed by atoms with Crippen LogP contribution >= 0.6 is 0 Å². The average Bonchev–Trinajstić information content (AvgIpc) is 3.45. The zero-order valence-corrected chi connectivity index (χ0v) is 18.9. The average molecular weight is 468 g/mol. The number of para-hydroxylation sites is 1. The van der Waals surface area contributed by atoms with Crippen molar-refractivity contribution >= 4 is 39.0 Å². The standard InChI is InChI=1S/C23H25N5O4S/c1-27-16-20(33(31,32)28-12-5-6-13-28)15-21(27)22(29)24-18-10-7-11-19(14-18)26-23(30)25-17-8-3-2-4-9-17/h2-4,7-11,14-16H,5-6,12-13H2,1H3,(H,24,29)(H2,25,26,30). The predicted octanol–water partition coefficient (Wildman–Crippen LogP) is 3.71. The molecule has 0 atom stereocenters. The fourth-order valence-corrected chi connectivity index (χ4v) is 5.25. The molecule has 0 spiro atoms. The number of sulfonamides is 1. The largest absolute Gasteiger partial charge is 0.345 e. The number of hydrogen-bond acceptors (Lipinski definition) is 4. The van der Waals surface area contributed by atoms with Crippen molar-refractivity contribution < 1.29 is 18.0 Å². The molecule has 0 radical (unpaired) electrons. The van der Waals surface area contributed by atoms with E-state index in [1.165, 1.54) is 21.1 Å². The van der Waals surface area contributed by atoms with Crippen molar-refractivity contribution in [2.75, 3.05) is 29.0 Å². The van der Waals surface area contributed by atoms with Crippen LogP contribution in [0.5, 0.6) is 0 Å². The fourth-order valence-electron chi connectivity index (χ4n) is 3.66. The van der Waals surface area contributed by atoms with Gasteiger partial charge in [0.1, 0.15) is 10.6 Å². The van der Waals surface area contributed by atoms with Crippen LogP contribution in [0, 0.1) is 0 Å². The Labute approximate surface area is 192 Å². The van der Waals surface area contributed by atoms with Gasteiger partial charge in [-0.1, -0.05) is 24.3 Å². The lowest BCUT2D eigenvalue weighted by molar-refractivity contribution is 0.101. The number of hydrogen-bond donors (Lipinski definition) is 3. The molecule has 0 aliphatic carbocycles. The van der Waals surface area contributed by atoms with Crippen LogP contribution in [0.25, 0.3) is 0 Å². The molecule has 1 fully saturated rings. The van der Waals surface area contributed by atoms with Gasteiger partial charge in [-0.2, -0.15) is 4.31 Å². The summed E-state index contributed by atoms with van der Waals surface area (Å²) in [7, 11) is -1.99. The van der Waals surface area contributed by atoms with Crippen LogP contribution in [0.1, 0.15) is 23.3 Å². The number of rotatable bonds is 6. The lowest BCUT2D eigenvalue weighted by Crippen LogP contribution is -2.27. The molecule has 2 heterocycles. The number of amides is 3. The maximum absolute atomic E-state index is 12.8. The number of nitrogens with zero attached hydrogens (tertiary/aromatic N) is 2. The Bertz CT molecular complexity index is 1270. The van der Waals surface area contributed by atoms with Crippen LogP contribution in [0.4, 0.5) is 21.9 Å². The van der Waals surface area contributed by atoms with Gasteiger partial charge in [0.2, 0.25) is 10.0 Å². The molecule has 1 aliphatic heterocycles. The van der Waals surface area contributed by atoms with Gasteiger partial charge in [-0.25, -0.2) is 13.2 Å². The monoisotopic (exact) mass is 467 g/mol. The van der Waals surface area contributed by atoms with Gasteiger partial charge in [0, 0.05) is 43.4 Å². The van der Waals surface area contributed by atoms with Crippen LogP contribution in [-0.2, 0) is 17.1 Å². The van der Waals surface area contributed by atoms with E-state index in [4.69, 9.17) is 0 Å².